The molecule has 2 N–H and O–H groups in total. The average molecular weight is 507 g/mol. The third kappa shape index (κ3) is 5.35. The lowest BCUT2D eigenvalue weighted by atomic mass is 9.95. The highest BCUT2D eigenvalue weighted by atomic mass is 79.9. The van der Waals surface area contributed by atoms with Crippen molar-refractivity contribution in [2.24, 2.45) is 0 Å². The van der Waals surface area contributed by atoms with E-state index >= 15 is 0 Å². The predicted octanol–water partition coefficient (Wildman–Crippen LogP) is 5.17. The van der Waals surface area contributed by atoms with Crippen LogP contribution in [0.5, 0.6) is 0 Å². The van der Waals surface area contributed by atoms with E-state index in [4.69, 9.17) is 16.7 Å². The molecule has 1 atom stereocenters. The Morgan fingerprint density at radius 3 is 2.23 bits per heavy atom. The highest BCUT2D eigenvalue weighted by Crippen LogP contribution is 2.40. The number of carbonyl (C=O) groups is 3. The van der Waals surface area contributed by atoms with E-state index in [-0.39, 0.29) is 24.3 Å². The summed E-state index contributed by atoms with van der Waals surface area (Å²) in [5, 5.41) is 20.2. The van der Waals surface area contributed by atoms with Gasteiger partial charge < -0.3 is 15.1 Å². The molecular formula is C23H21BrClNO5. The molecule has 31 heavy (non-hydrogen) atoms. The molecule has 2 aromatic rings. The zero-order chi connectivity index (χ0) is 22.5. The Hall–Kier alpha value is -2.64. The molecule has 1 saturated heterocycles. The van der Waals surface area contributed by atoms with Gasteiger partial charge in [-0.2, -0.15) is 0 Å². The van der Waals surface area contributed by atoms with Crippen LogP contribution < -0.4 is 0 Å². The van der Waals surface area contributed by atoms with Gasteiger partial charge in [-0.3, -0.25) is 14.4 Å². The summed E-state index contributed by atoms with van der Waals surface area (Å²) in [6.07, 6.45) is 1.70. The zero-order valence-corrected chi connectivity index (χ0v) is 18.9. The molecule has 162 valence electrons. The molecule has 0 aliphatic carbocycles. The number of Topliss-reactive ketones (excluding diaryl/α,β-unsaturated/α-hetero) is 1. The highest BCUT2D eigenvalue weighted by molar-refractivity contribution is 9.10. The van der Waals surface area contributed by atoms with Crippen LogP contribution in [-0.2, 0) is 14.4 Å². The summed E-state index contributed by atoms with van der Waals surface area (Å²) in [4.78, 5) is 37.9. The summed E-state index contributed by atoms with van der Waals surface area (Å²) in [5.41, 5.74) is 1.12. The lowest BCUT2D eigenvalue weighted by Gasteiger charge is -2.25. The van der Waals surface area contributed by atoms with Crippen molar-refractivity contribution in [2.75, 3.05) is 6.54 Å². The topological polar surface area (TPSA) is 94.9 Å². The molecule has 1 heterocycles. The van der Waals surface area contributed by atoms with Gasteiger partial charge in [-0.25, -0.2) is 0 Å². The molecule has 1 amide bonds. The number of unbranched alkanes of at least 4 members (excludes halogenated alkanes) is 2. The van der Waals surface area contributed by atoms with Gasteiger partial charge in [-0.1, -0.05) is 58.2 Å². The van der Waals surface area contributed by atoms with Crippen LogP contribution in [0.15, 0.2) is 58.6 Å². The molecule has 8 heteroatoms. The van der Waals surface area contributed by atoms with Gasteiger partial charge >= 0.3 is 5.97 Å². The Kier molecular flexibility index (Phi) is 7.51. The van der Waals surface area contributed by atoms with E-state index in [2.05, 4.69) is 15.9 Å². The summed E-state index contributed by atoms with van der Waals surface area (Å²) >= 11 is 9.34. The van der Waals surface area contributed by atoms with Gasteiger partial charge in [-0.15, -0.1) is 0 Å². The monoisotopic (exact) mass is 505 g/mol. The first kappa shape index (κ1) is 23.0. The van der Waals surface area contributed by atoms with Gasteiger partial charge in [0.25, 0.3) is 11.7 Å². The molecule has 1 aliphatic rings. The smallest absolute Gasteiger partial charge is 0.303 e. The number of carboxylic acids is 1. The van der Waals surface area contributed by atoms with Gasteiger partial charge in [-0.05, 0) is 42.7 Å². The van der Waals surface area contributed by atoms with Gasteiger partial charge in [0.15, 0.2) is 0 Å². The van der Waals surface area contributed by atoms with Crippen LogP contribution in [0.4, 0.5) is 0 Å². The molecule has 0 saturated carbocycles. The number of ketones is 1. The average Bonchev–Trinajstić information content (AvgIpc) is 2.99. The van der Waals surface area contributed by atoms with E-state index in [1.807, 2.05) is 0 Å². The van der Waals surface area contributed by atoms with E-state index in [0.717, 1.165) is 4.47 Å². The Morgan fingerprint density at radius 1 is 0.968 bits per heavy atom. The molecule has 1 aliphatic heterocycles. The molecule has 1 fully saturated rings. The number of carbonyl (C=O) groups excluding carboxylic acids is 2. The van der Waals surface area contributed by atoms with Crippen LogP contribution in [0.3, 0.4) is 0 Å². The Morgan fingerprint density at radius 2 is 1.61 bits per heavy atom. The second kappa shape index (κ2) is 10.1. The summed E-state index contributed by atoms with van der Waals surface area (Å²) < 4.78 is 0.820. The number of hydrogen-bond donors (Lipinski definition) is 2. The first-order chi connectivity index (χ1) is 14.8. The molecule has 0 aromatic heterocycles. The summed E-state index contributed by atoms with van der Waals surface area (Å²) in [5.74, 6) is -2.53. The lowest BCUT2D eigenvalue weighted by Crippen LogP contribution is -2.30. The molecular weight excluding hydrogens is 486 g/mol. The molecule has 0 bridgehead atoms. The lowest BCUT2D eigenvalue weighted by molar-refractivity contribution is -0.140. The molecule has 0 radical (unpaired) electrons. The fourth-order valence-electron chi connectivity index (χ4n) is 3.60. The summed E-state index contributed by atoms with van der Waals surface area (Å²) in [7, 11) is 0. The first-order valence-corrected chi connectivity index (χ1v) is 11.0. The maximum Gasteiger partial charge on any atom is 0.303 e. The van der Waals surface area contributed by atoms with Crippen molar-refractivity contribution >= 4 is 50.9 Å². The first-order valence-electron chi connectivity index (χ1n) is 9.81. The highest BCUT2D eigenvalue weighted by Gasteiger charge is 2.45. The maximum atomic E-state index is 12.9. The number of likely N-dealkylation sites (tertiary alicyclic amines) is 1. The molecule has 2 aromatic carbocycles. The van der Waals surface area contributed by atoms with Crippen LogP contribution in [0.1, 0.15) is 42.9 Å². The van der Waals surface area contributed by atoms with E-state index in [1.165, 1.54) is 4.90 Å². The predicted molar refractivity (Wildman–Crippen MR) is 121 cm³/mol. The van der Waals surface area contributed by atoms with Crippen molar-refractivity contribution < 1.29 is 24.6 Å². The second-order valence-electron chi connectivity index (χ2n) is 7.26. The number of nitrogens with zero attached hydrogens (tertiary/aromatic N) is 1. The number of benzene rings is 2. The number of aliphatic hydroxyl groups is 1. The van der Waals surface area contributed by atoms with Gasteiger partial charge in [0.05, 0.1) is 11.6 Å². The van der Waals surface area contributed by atoms with Gasteiger partial charge in [0.1, 0.15) is 5.76 Å². The van der Waals surface area contributed by atoms with E-state index in [9.17, 15) is 19.5 Å². The fraction of sp³-hybridized carbons (Fsp3) is 0.261. The molecule has 6 nitrogen and oxygen atoms in total. The minimum absolute atomic E-state index is 0.0279. The van der Waals surface area contributed by atoms with Crippen LogP contribution >= 0.6 is 27.5 Å². The van der Waals surface area contributed by atoms with Crippen molar-refractivity contribution in [3.63, 3.8) is 0 Å². The molecule has 0 spiro atoms. The normalized spacial score (nSPS) is 17.9. The fourth-order valence-corrected chi connectivity index (χ4v) is 3.99. The number of carboxylic acid groups (broad SMARTS) is 1. The Balaban J connectivity index is 1.96. The standard InChI is InChI=1S/C23H21BrClNO5/c24-16-9-5-15(6-10-16)21(29)19-20(14-7-11-17(25)12-8-14)26(23(31)22(19)30)13-3-1-2-4-18(27)28/h5-12,20,29H,1-4,13H2,(H,27,28)/b21-19+/t20-/m0/s1. The Bertz CT molecular complexity index is 1020. The van der Waals surface area contributed by atoms with E-state index in [1.54, 1.807) is 48.5 Å². The second-order valence-corrected chi connectivity index (χ2v) is 8.61. The van der Waals surface area contributed by atoms with Crippen LogP contribution in [0, 0.1) is 0 Å². The summed E-state index contributed by atoms with van der Waals surface area (Å²) in [6, 6.07) is 12.9. The largest absolute Gasteiger partial charge is 0.507 e. The number of rotatable bonds is 8. The van der Waals surface area contributed by atoms with Crippen molar-refractivity contribution in [2.45, 2.75) is 31.7 Å². The Labute approximate surface area is 193 Å². The minimum atomic E-state index is -0.865. The van der Waals surface area contributed by atoms with E-state index in [0.29, 0.717) is 35.4 Å². The minimum Gasteiger partial charge on any atom is -0.507 e. The number of halogens is 2. The SMILES string of the molecule is O=C(O)CCCCCN1C(=O)C(=O)/C(=C(/O)c2ccc(Br)cc2)[C@@H]1c1ccc(Cl)cc1. The van der Waals surface area contributed by atoms with Gasteiger partial charge in [0, 0.05) is 28.0 Å². The third-order valence-electron chi connectivity index (χ3n) is 5.13. The van der Waals surface area contributed by atoms with Crippen LogP contribution in [0.2, 0.25) is 5.02 Å². The van der Waals surface area contributed by atoms with Crippen molar-refractivity contribution in [3.05, 3.63) is 74.7 Å². The van der Waals surface area contributed by atoms with Crippen molar-refractivity contribution in [3.8, 4) is 0 Å². The van der Waals surface area contributed by atoms with E-state index < -0.39 is 23.7 Å². The summed E-state index contributed by atoms with van der Waals surface area (Å²) in [6.45, 7) is 0.272. The van der Waals surface area contributed by atoms with Crippen molar-refractivity contribution in [1.82, 2.24) is 4.90 Å². The van der Waals surface area contributed by atoms with Crippen LogP contribution in [-0.4, -0.2) is 39.3 Å². The maximum absolute atomic E-state index is 12.9. The quantitative estimate of drug-likeness (QED) is 0.223. The zero-order valence-electron chi connectivity index (χ0n) is 16.6. The molecule has 0 unspecified atom stereocenters. The van der Waals surface area contributed by atoms with Crippen LogP contribution in [0.25, 0.3) is 5.76 Å². The number of aliphatic carboxylic acids is 1. The number of aliphatic hydroxyl groups excluding tert-OH is 1. The van der Waals surface area contributed by atoms with Gasteiger partial charge in [0.2, 0.25) is 0 Å². The third-order valence-corrected chi connectivity index (χ3v) is 5.91. The van der Waals surface area contributed by atoms with Crippen molar-refractivity contribution in [1.29, 1.82) is 0 Å². The molecule has 3 rings (SSSR count). The number of hydrogen-bond acceptors (Lipinski definition) is 4. The number of amides is 1.